The second-order valence-corrected chi connectivity index (χ2v) is 4.18. The van der Waals surface area contributed by atoms with Gasteiger partial charge >= 0.3 is 0 Å². The molecule has 0 spiro atoms. The third-order valence-electron chi connectivity index (χ3n) is 2.38. The molecule has 0 bridgehead atoms. The van der Waals surface area contributed by atoms with E-state index in [0.717, 1.165) is 11.1 Å². The van der Waals surface area contributed by atoms with Crippen LogP contribution < -0.4 is 10.2 Å². The lowest BCUT2D eigenvalue weighted by Crippen LogP contribution is -2.15. The van der Waals surface area contributed by atoms with Crippen LogP contribution in [0.4, 0.5) is 11.9 Å². The number of hydrogen-bond acceptors (Lipinski definition) is 6. The summed E-state index contributed by atoms with van der Waals surface area (Å²) >= 11 is 0. The number of aryl methyl sites for hydroxylation is 1. The number of anilines is 2. The minimum absolute atomic E-state index is 0.546. The highest BCUT2D eigenvalue weighted by molar-refractivity contribution is 5.57. The Morgan fingerprint density at radius 2 is 1.89 bits per heavy atom. The molecule has 0 atom stereocenters. The SMILES string of the molecule is CNc1nc(-c2cncc(C)c2)nc(N(C)C)n1. The van der Waals surface area contributed by atoms with E-state index in [0.29, 0.717) is 17.7 Å². The largest absolute Gasteiger partial charge is 0.357 e. The maximum Gasteiger partial charge on any atom is 0.230 e. The van der Waals surface area contributed by atoms with E-state index in [1.807, 2.05) is 32.0 Å². The number of nitrogens with one attached hydrogen (secondary N) is 1. The molecule has 0 unspecified atom stereocenters. The minimum atomic E-state index is 0.546. The summed E-state index contributed by atoms with van der Waals surface area (Å²) in [6.07, 6.45) is 3.55. The zero-order valence-electron chi connectivity index (χ0n) is 11.0. The fourth-order valence-electron chi connectivity index (χ4n) is 1.48. The fourth-order valence-corrected chi connectivity index (χ4v) is 1.48. The molecule has 1 N–H and O–H groups in total. The van der Waals surface area contributed by atoms with Crippen LogP contribution in [0.15, 0.2) is 18.5 Å². The molecule has 6 nitrogen and oxygen atoms in total. The monoisotopic (exact) mass is 244 g/mol. The van der Waals surface area contributed by atoms with Crippen molar-refractivity contribution in [3.05, 3.63) is 24.0 Å². The van der Waals surface area contributed by atoms with Crippen LogP contribution in [-0.2, 0) is 0 Å². The third-order valence-corrected chi connectivity index (χ3v) is 2.38. The topological polar surface area (TPSA) is 66.8 Å². The summed E-state index contributed by atoms with van der Waals surface area (Å²) < 4.78 is 0. The third kappa shape index (κ3) is 2.53. The van der Waals surface area contributed by atoms with Crippen LogP contribution in [0.5, 0.6) is 0 Å². The Morgan fingerprint density at radius 3 is 2.50 bits per heavy atom. The molecule has 94 valence electrons. The lowest BCUT2D eigenvalue weighted by atomic mass is 10.2. The first kappa shape index (κ1) is 12.2. The summed E-state index contributed by atoms with van der Waals surface area (Å²) in [5.41, 5.74) is 1.96. The standard InChI is InChI=1S/C12H16N6/c1-8-5-9(7-14-6-8)10-15-11(13-2)17-12(16-10)18(3)4/h5-7H,1-4H3,(H,13,15,16,17). The first-order valence-corrected chi connectivity index (χ1v) is 5.63. The molecule has 0 amide bonds. The van der Waals surface area contributed by atoms with Gasteiger partial charge in [-0.1, -0.05) is 0 Å². The minimum Gasteiger partial charge on any atom is -0.357 e. The summed E-state index contributed by atoms with van der Waals surface area (Å²) in [6, 6.07) is 2.00. The van der Waals surface area contributed by atoms with Gasteiger partial charge in [-0.3, -0.25) is 4.98 Å². The van der Waals surface area contributed by atoms with Gasteiger partial charge in [0.05, 0.1) is 0 Å². The zero-order valence-corrected chi connectivity index (χ0v) is 11.0. The Morgan fingerprint density at radius 1 is 1.11 bits per heavy atom. The van der Waals surface area contributed by atoms with Gasteiger partial charge in [-0.15, -0.1) is 0 Å². The van der Waals surface area contributed by atoms with E-state index < -0.39 is 0 Å². The van der Waals surface area contributed by atoms with Crippen LogP contribution in [-0.4, -0.2) is 41.1 Å². The average molecular weight is 244 g/mol. The molecule has 0 aliphatic carbocycles. The summed E-state index contributed by atoms with van der Waals surface area (Å²) in [5, 5.41) is 2.94. The van der Waals surface area contributed by atoms with E-state index in [4.69, 9.17) is 0 Å². The molecule has 0 aliphatic heterocycles. The van der Waals surface area contributed by atoms with Crippen LogP contribution in [0.3, 0.4) is 0 Å². The van der Waals surface area contributed by atoms with Crippen LogP contribution in [0.1, 0.15) is 5.56 Å². The molecular formula is C12H16N6. The maximum absolute atomic E-state index is 4.42. The van der Waals surface area contributed by atoms with Crippen LogP contribution in [0.25, 0.3) is 11.4 Å². The molecule has 0 aromatic carbocycles. The predicted octanol–water partition coefficient (Wildman–Crippen LogP) is 1.35. The van der Waals surface area contributed by atoms with Crippen molar-refractivity contribution >= 4 is 11.9 Å². The van der Waals surface area contributed by atoms with Gasteiger partial charge in [0.15, 0.2) is 5.82 Å². The highest BCUT2D eigenvalue weighted by Gasteiger charge is 2.09. The molecular weight excluding hydrogens is 228 g/mol. The van der Waals surface area contributed by atoms with Crippen LogP contribution in [0.2, 0.25) is 0 Å². The van der Waals surface area contributed by atoms with Crippen LogP contribution >= 0.6 is 0 Å². The molecule has 0 radical (unpaired) electrons. The van der Waals surface area contributed by atoms with E-state index in [9.17, 15) is 0 Å². The second-order valence-electron chi connectivity index (χ2n) is 4.18. The van der Waals surface area contributed by atoms with Gasteiger partial charge < -0.3 is 10.2 Å². The molecule has 18 heavy (non-hydrogen) atoms. The molecule has 6 heteroatoms. The van der Waals surface area contributed by atoms with Gasteiger partial charge in [0.1, 0.15) is 0 Å². The van der Waals surface area contributed by atoms with Gasteiger partial charge in [0, 0.05) is 39.1 Å². The Hall–Kier alpha value is -2.24. The number of aromatic nitrogens is 4. The normalized spacial score (nSPS) is 10.2. The van der Waals surface area contributed by atoms with E-state index in [1.54, 1.807) is 19.4 Å². The Kier molecular flexibility index (Phi) is 3.36. The second kappa shape index (κ2) is 4.95. The van der Waals surface area contributed by atoms with E-state index in [-0.39, 0.29) is 0 Å². The highest BCUT2D eigenvalue weighted by Crippen LogP contribution is 2.18. The lowest BCUT2D eigenvalue weighted by molar-refractivity contribution is 0.962. The summed E-state index contributed by atoms with van der Waals surface area (Å²) in [7, 11) is 5.58. The van der Waals surface area contributed by atoms with Crippen molar-refractivity contribution in [1.29, 1.82) is 0 Å². The molecule has 0 saturated heterocycles. The Balaban J connectivity index is 2.53. The van der Waals surface area contributed by atoms with Crippen molar-refractivity contribution in [1.82, 2.24) is 19.9 Å². The molecule has 2 aromatic rings. The van der Waals surface area contributed by atoms with Gasteiger partial charge in [-0.25, -0.2) is 0 Å². The molecule has 0 saturated carbocycles. The number of pyridine rings is 1. The maximum atomic E-state index is 4.42. The quantitative estimate of drug-likeness (QED) is 0.879. The Bertz CT molecular complexity index is 552. The van der Waals surface area contributed by atoms with Crippen molar-refractivity contribution in [2.24, 2.45) is 0 Å². The van der Waals surface area contributed by atoms with E-state index in [1.165, 1.54) is 0 Å². The van der Waals surface area contributed by atoms with E-state index in [2.05, 4.69) is 25.3 Å². The molecule has 0 aliphatic rings. The fraction of sp³-hybridized carbons (Fsp3) is 0.333. The van der Waals surface area contributed by atoms with Gasteiger partial charge in [-0.2, -0.15) is 15.0 Å². The number of nitrogens with zero attached hydrogens (tertiary/aromatic N) is 5. The molecule has 2 aromatic heterocycles. The van der Waals surface area contributed by atoms with Crippen molar-refractivity contribution in [3.63, 3.8) is 0 Å². The lowest BCUT2D eigenvalue weighted by Gasteiger charge is -2.12. The van der Waals surface area contributed by atoms with Crippen molar-refractivity contribution in [3.8, 4) is 11.4 Å². The summed E-state index contributed by atoms with van der Waals surface area (Å²) in [4.78, 5) is 19.0. The summed E-state index contributed by atoms with van der Waals surface area (Å²) in [5.74, 6) is 1.78. The van der Waals surface area contributed by atoms with Gasteiger partial charge in [0.25, 0.3) is 0 Å². The first-order valence-electron chi connectivity index (χ1n) is 5.63. The average Bonchev–Trinajstić information content (AvgIpc) is 2.38. The molecule has 2 heterocycles. The predicted molar refractivity (Wildman–Crippen MR) is 71.7 cm³/mol. The van der Waals surface area contributed by atoms with Crippen molar-refractivity contribution < 1.29 is 0 Å². The Labute approximate surface area is 106 Å². The van der Waals surface area contributed by atoms with Gasteiger partial charge in [-0.05, 0) is 18.6 Å². The van der Waals surface area contributed by atoms with Gasteiger partial charge in [0.2, 0.25) is 11.9 Å². The molecule has 0 fully saturated rings. The number of rotatable bonds is 3. The molecule has 2 rings (SSSR count). The van der Waals surface area contributed by atoms with Crippen LogP contribution in [0, 0.1) is 6.92 Å². The van der Waals surface area contributed by atoms with E-state index >= 15 is 0 Å². The number of hydrogen-bond donors (Lipinski definition) is 1. The zero-order chi connectivity index (χ0) is 13.1. The van der Waals surface area contributed by atoms with Crippen molar-refractivity contribution in [2.75, 3.05) is 31.4 Å². The highest BCUT2D eigenvalue weighted by atomic mass is 15.3. The first-order chi connectivity index (χ1) is 8.60. The smallest absolute Gasteiger partial charge is 0.230 e. The summed E-state index contributed by atoms with van der Waals surface area (Å²) in [6.45, 7) is 1.99. The van der Waals surface area contributed by atoms with Crippen molar-refractivity contribution in [2.45, 2.75) is 6.92 Å².